The van der Waals surface area contributed by atoms with Gasteiger partial charge in [-0.2, -0.15) is 0 Å². The van der Waals surface area contributed by atoms with E-state index in [1.165, 1.54) is 4.68 Å². The molecule has 1 aromatic carbocycles. The molecule has 1 aliphatic heterocycles. The molecule has 2 amide bonds. The molecule has 2 aromatic heterocycles. The molecule has 0 atom stereocenters. The predicted octanol–water partition coefficient (Wildman–Crippen LogP) is 2.46. The summed E-state index contributed by atoms with van der Waals surface area (Å²) in [6.45, 7) is 2.86. The molecular formula is C19H19N5O2. The lowest BCUT2D eigenvalue weighted by Crippen LogP contribution is -2.39. The summed E-state index contributed by atoms with van der Waals surface area (Å²) in [7, 11) is 0. The van der Waals surface area contributed by atoms with Crippen LogP contribution in [0.25, 0.3) is 5.82 Å². The first-order valence-electron chi connectivity index (χ1n) is 8.48. The van der Waals surface area contributed by atoms with Crippen molar-refractivity contribution in [3.8, 4) is 5.82 Å². The maximum Gasteiger partial charge on any atom is 0.322 e. The van der Waals surface area contributed by atoms with E-state index < -0.39 is 0 Å². The Morgan fingerprint density at radius 2 is 2.00 bits per heavy atom. The van der Waals surface area contributed by atoms with E-state index in [2.05, 4.69) is 15.4 Å². The zero-order valence-electron chi connectivity index (χ0n) is 14.4. The van der Waals surface area contributed by atoms with Gasteiger partial charge in [-0.25, -0.2) is 14.5 Å². The summed E-state index contributed by atoms with van der Waals surface area (Å²) in [5.74, 6) is 0.544. The molecule has 4 rings (SSSR count). The van der Waals surface area contributed by atoms with Crippen molar-refractivity contribution in [1.29, 1.82) is 0 Å². The number of nitrogens with one attached hydrogen (secondary N) is 2. The third kappa shape index (κ3) is 2.99. The number of urea groups is 1. The Morgan fingerprint density at radius 3 is 2.73 bits per heavy atom. The molecule has 3 aromatic rings. The number of fused-ring (bicyclic) bond motifs is 1. The quantitative estimate of drug-likeness (QED) is 0.745. The van der Waals surface area contributed by atoms with Crippen molar-refractivity contribution >= 4 is 11.7 Å². The van der Waals surface area contributed by atoms with E-state index >= 15 is 0 Å². The van der Waals surface area contributed by atoms with Crippen LogP contribution in [0.5, 0.6) is 0 Å². The molecular weight excluding hydrogens is 330 g/mol. The summed E-state index contributed by atoms with van der Waals surface area (Å²) in [4.78, 5) is 31.0. The van der Waals surface area contributed by atoms with Crippen LogP contribution in [-0.2, 0) is 13.0 Å². The number of aryl methyl sites for hydroxylation is 1. The van der Waals surface area contributed by atoms with Gasteiger partial charge in [0.1, 0.15) is 0 Å². The molecule has 1 aliphatic rings. The minimum absolute atomic E-state index is 0.0997. The van der Waals surface area contributed by atoms with E-state index in [1.807, 2.05) is 37.3 Å². The summed E-state index contributed by atoms with van der Waals surface area (Å²) in [6.07, 6.45) is 2.16. The fraction of sp³-hybridized carbons (Fsp3) is 0.211. The number of amides is 2. The first-order chi connectivity index (χ1) is 12.6. The minimum atomic E-state index is -0.175. The van der Waals surface area contributed by atoms with Crippen LogP contribution < -0.4 is 10.9 Å². The van der Waals surface area contributed by atoms with Gasteiger partial charge in [0.25, 0.3) is 5.56 Å². The summed E-state index contributed by atoms with van der Waals surface area (Å²) < 4.78 is 1.44. The highest BCUT2D eigenvalue weighted by Gasteiger charge is 2.26. The van der Waals surface area contributed by atoms with E-state index in [1.54, 1.807) is 23.2 Å². The number of benzene rings is 1. The Balaban J connectivity index is 1.53. The van der Waals surface area contributed by atoms with E-state index in [9.17, 15) is 9.59 Å². The zero-order chi connectivity index (χ0) is 18.1. The van der Waals surface area contributed by atoms with Gasteiger partial charge < -0.3 is 10.2 Å². The number of aromatic nitrogens is 3. The monoisotopic (exact) mass is 349 g/mol. The number of H-pyrrole nitrogens is 1. The van der Waals surface area contributed by atoms with Crippen LogP contribution in [0.15, 0.2) is 53.5 Å². The highest BCUT2D eigenvalue weighted by atomic mass is 16.2. The Morgan fingerprint density at radius 1 is 1.19 bits per heavy atom. The van der Waals surface area contributed by atoms with Gasteiger partial charge in [-0.3, -0.25) is 9.89 Å². The molecule has 132 valence electrons. The first kappa shape index (κ1) is 16.1. The maximum absolute atomic E-state index is 12.6. The molecule has 0 unspecified atom stereocenters. The van der Waals surface area contributed by atoms with E-state index in [0.29, 0.717) is 25.3 Å². The average molecular weight is 349 g/mol. The molecule has 3 heterocycles. The Labute approximate surface area is 150 Å². The molecule has 26 heavy (non-hydrogen) atoms. The van der Waals surface area contributed by atoms with Gasteiger partial charge in [-0.05, 0) is 37.6 Å². The number of hydrogen-bond acceptors (Lipinski definition) is 3. The van der Waals surface area contributed by atoms with E-state index in [0.717, 1.165) is 22.5 Å². The number of rotatable bonds is 2. The molecule has 7 nitrogen and oxygen atoms in total. The van der Waals surface area contributed by atoms with Crippen molar-refractivity contribution in [1.82, 2.24) is 19.7 Å². The van der Waals surface area contributed by atoms with Crippen molar-refractivity contribution in [2.24, 2.45) is 0 Å². The number of aromatic amines is 1. The summed E-state index contributed by atoms with van der Waals surface area (Å²) in [6, 6.07) is 12.9. The second-order valence-corrected chi connectivity index (χ2v) is 6.37. The molecule has 2 N–H and O–H groups in total. The Bertz CT molecular complexity index is 989. The van der Waals surface area contributed by atoms with E-state index in [4.69, 9.17) is 0 Å². The minimum Gasteiger partial charge on any atom is -0.318 e. The van der Waals surface area contributed by atoms with Crippen LogP contribution in [0.3, 0.4) is 0 Å². The second-order valence-electron chi connectivity index (χ2n) is 6.37. The van der Waals surface area contributed by atoms with Crippen molar-refractivity contribution in [3.05, 3.63) is 75.8 Å². The summed E-state index contributed by atoms with van der Waals surface area (Å²) in [5, 5.41) is 5.99. The molecule has 0 saturated heterocycles. The van der Waals surface area contributed by atoms with Crippen LogP contribution in [-0.4, -0.2) is 32.2 Å². The molecule has 0 fully saturated rings. The van der Waals surface area contributed by atoms with Crippen molar-refractivity contribution in [2.45, 2.75) is 19.9 Å². The van der Waals surface area contributed by atoms with Gasteiger partial charge in [-0.15, -0.1) is 0 Å². The van der Waals surface area contributed by atoms with Gasteiger partial charge in [0.15, 0.2) is 5.82 Å². The lowest BCUT2D eigenvalue weighted by molar-refractivity contribution is 0.205. The van der Waals surface area contributed by atoms with Crippen LogP contribution >= 0.6 is 0 Å². The molecule has 0 aliphatic carbocycles. The lowest BCUT2D eigenvalue weighted by Gasteiger charge is -2.26. The van der Waals surface area contributed by atoms with Crippen molar-refractivity contribution in [2.75, 3.05) is 11.9 Å². The number of carbonyl (C=O) groups excluding carboxylic acids is 1. The van der Waals surface area contributed by atoms with Gasteiger partial charge in [0.2, 0.25) is 0 Å². The number of anilines is 1. The average Bonchev–Trinajstić information content (AvgIpc) is 3.00. The Kier molecular flexibility index (Phi) is 4.04. The molecule has 0 radical (unpaired) electrons. The first-order valence-corrected chi connectivity index (χ1v) is 8.48. The number of nitrogens with zero attached hydrogens (tertiary/aromatic N) is 3. The third-order valence-electron chi connectivity index (χ3n) is 4.52. The van der Waals surface area contributed by atoms with Crippen LogP contribution in [0.4, 0.5) is 10.5 Å². The number of hydrogen-bond donors (Lipinski definition) is 2. The van der Waals surface area contributed by atoms with Crippen molar-refractivity contribution < 1.29 is 4.79 Å². The zero-order valence-corrected chi connectivity index (χ0v) is 14.4. The summed E-state index contributed by atoms with van der Waals surface area (Å²) in [5.41, 5.74) is 3.27. The second kappa shape index (κ2) is 6.51. The number of carbonyl (C=O) groups is 1. The fourth-order valence-corrected chi connectivity index (χ4v) is 3.08. The van der Waals surface area contributed by atoms with E-state index in [-0.39, 0.29) is 11.6 Å². The number of pyridine rings is 1. The van der Waals surface area contributed by atoms with Gasteiger partial charge >= 0.3 is 6.03 Å². The van der Waals surface area contributed by atoms with Gasteiger partial charge in [-0.1, -0.05) is 23.8 Å². The largest absolute Gasteiger partial charge is 0.322 e. The fourth-order valence-electron chi connectivity index (χ4n) is 3.08. The summed E-state index contributed by atoms with van der Waals surface area (Å²) >= 11 is 0. The normalized spacial score (nSPS) is 13.3. The standard InChI is InChI=1S/C19H19N5O2/c1-13-5-7-14(8-6-13)21-19(26)23-11-9-15-16(12-23)22-24(18(15)25)17-4-2-3-10-20-17/h2-8,10,22H,9,11-12H2,1H3,(H,21,26). The lowest BCUT2D eigenvalue weighted by atomic mass is 10.1. The molecule has 0 saturated carbocycles. The van der Waals surface area contributed by atoms with Crippen LogP contribution in [0.1, 0.15) is 16.8 Å². The van der Waals surface area contributed by atoms with Crippen LogP contribution in [0, 0.1) is 6.92 Å². The molecule has 7 heteroatoms. The molecule has 0 spiro atoms. The highest BCUT2D eigenvalue weighted by Crippen LogP contribution is 2.17. The van der Waals surface area contributed by atoms with Crippen molar-refractivity contribution in [3.63, 3.8) is 0 Å². The maximum atomic E-state index is 12.6. The van der Waals surface area contributed by atoms with Gasteiger partial charge in [0.05, 0.1) is 12.2 Å². The van der Waals surface area contributed by atoms with Crippen LogP contribution in [0.2, 0.25) is 0 Å². The predicted molar refractivity (Wildman–Crippen MR) is 98.5 cm³/mol. The Hall–Kier alpha value is -3.35. The smallest absolute Gasteiger partial charge is 0.318 e. The SMILES string of the molecule is Cc1ccc(NC(=O)N2CCc3c([nH]n(-c4ccccn4)c3=O)C2)cc1. The molecule has 0 bridgehead atoms. The topological polar surface area (TPSA) is 83.0 Å². The highest BCUT2D eigenvalue weighted by molar-refractivity contribution is 5.89. The third-order valence-corrected chi connectivity index (χ3v) is 4.52. The van der Waals surface area contributed by atoms with Gasteiger partial charge in [0, 0.05) is 24.0 Å².